The largest absolute Gasteiger partial charge is 0.391 e. The zero-order valence-corrected chi connectivity index (χ0v) is 10.4. The second kappa shape index (κ2) is 6.77. The lowest BCUT2D eigenvalue weighted by molar-refractivity contribution is 0.0361. The summed E-state index contributed by atoms with van der Waals surface area (Å²) in [5.74, 6) is 0.649. The summed E-state index contributed by atoms with van der Waals surface area (Å²) in [6, 6.07) is 0. The Morgan fingerprint density at radius 3 is 3.00 bits per heavy atom. The Bertz CT molecular complexity index is 151. The van der Waals surface area contributed by atoms with Gasteiger partial charge < -0.3 is 14.7 Å². The van der Waals surface area contributed by atoms with Gasteiger partial charge in [0.25, 0.3) is 0 Å². The van der Waals surface area contributed by atoms with Crippen LogP contribution in [0.4, 0.5) is 0 Å². The first-order valence-electron chi connectivity index (χ1n) is 5.22. The number of ether oxygens (including phenoxy) is 1. The molecule has 84 valence electrons. The number of aliphatic hydroxyl groups excluding tert-OH is 1. The topological polar surface area (TPSA) is 32.7 Å². The number of halogens is 1. The molecule has 0 aliphatic carbocycles. The third kappa shape index (κ3) is 4.73. The minimum atomic E-state index is -0.260. The number of alkyl halides is 1. The lowest BCUT2D eigenvalue weighted by Gasteiger charge is -2.27. The zero-order valence-electron chi connectivity index (χ0n) is 8.79. The first-order chi connectivity index (χ1) is 6.72. The van der Waals surface area contributed by atoms with E-state index in [1.165, 1.54) is 12.8 Å². The van der Waals surface area contributed by atoms with E-state index in [1.54, 1.807) is 0 Å². The quantitative estimate of drug-likeness (QED) is 0.756. The van der Waals surface area contributed by atoms with Crippen molar-refractivity contribution in [3.8, 4) is 0 Å². The molecule has 0 aromatic carbocycles. The van der Waals surface area contributed by atoms with Crippen molar-refractivity contribution in [3.05, 3.63) is 0 Å². The number of nitrogens with zero attached hydrogens (tertiary/aromatic N) is 1. The predicted octanol–water partition coefficient (Wildman–Crippen LogP) is 1.10. The molecule has 0 aromatic heterocycles. The molecule has 1 N–H and O–H groups in total. The smallest absolute Gasteiger partial charge is 0.0763 e. The number of hydrogen-bond donors (Lipinski definition) is 1. The van der Waals surface area contributed by atoms with Crippen LogP contribution in [0.25, 0.3) is 0 Å². The summed E-state index contributed by atoms with van der Waals surface area (Å²) < 4.78 is 5.42. The van der Waals surface area contributed by atoms with Gasteiger partial charge in [0.2, 0.25) is 0 Å². The molecule has 0 saturated carbocycles. The van der Waals surface area contributed by atoms with Gasteiger partial charge in [0.1, 0.15) is 0 Å². The molecular formula is C10H20BrNO2. The normalized spacial score (nSPS) is 25.3. The second-order valence-corrected chi connectivity index (χ2v) is 4.76. The number of likely N-dealkylation sites (N-methyl/N-ethyl adjacent to an activating group) is 1. The third-order valence-corrected chi connectivity index (χ3v) is 3.27. The first-order valence-corrected chi connectivity index (χ1v) is 6.35. The fraction of sp³-hybridized carbons (Fsp3) is 1.00. The van der Waals surface area contributed by atoms with Crippen molar-refractivity contribution >= 4 is 15.9 Å². The van der Waals surface area contributed by atoms with Crippen molar-refractivity contribution in [1.29, 1.82) is 0 Å². The average Bonchev–Trinajstić information content (AvgIpc) is 2.19. The molecule has 2 unspecified atom stereocenters. The molecule has 0 aromatic rings. The van der Waals surface area contributed by atoms with Crippen LogP contribution in [0.3, 0.4) is 0 Å². The van der Waals surface area contributed by atoms with Crippen molar-refractivity contribution < 1.29 is 9.84 Å². The van der Waals surface area contributed by atoms with Crippen LogP contribution in [0.5, 0.6) is 0 Å². The van der Waals surface area contributed by atoms with Crippen LogP contribution in [0, 0.1) is 5.92 Å². The number of hydrogen-bond acceptors (Lipinski definition) is 3. The number of aliphatic hydroxyl groups is 1. The Labute approximate surface area is 94.6 Å². The van der Waals surface area contributed by atoms with Crippen LogP contribution in [0.1, 0.15) is 12.8 Å². The molecule has 1 heterocycles. The van der Waals surface area contributed by atoms with E-state index in [-0.39, 0.29) is 6.10 Å². The summed E-state index contributed by atoms with van der Waals surface area (Å²) in [7, 11) is 2.06. The summed E-state index contributed by atoms with van der Waals surface area (Å²) in [4.78, 5) is 2.19. The van der Waals surface area contributed by atoms with Gasteiger partial charge in [0, 0.05) is 25.0 Å². The highest BCUT2D eigenvalue weighted by atomic mass is 79.9. The fourth-order valence-electron chi connectivity index (χ4n) is 1.88. The van der Waals surface area contributed by atoms with E-state index in [1.807, 2.05) is 0 Å². The Morgan fingerprint density at radius 2 is 2.43 bits per heavy atom. The fourth-order valence-corrected chi connectivity index (χ4v) is 2.08. The van der Waals surface area contributed by atoms with Gasteiger partial charge >= 0.3 is 0 Å². The van der Waals surface area contributed by atoms with Crippen molar-refractivity contribution in [2.24, 2.45) is 5.92 Å². The monoisotopic (exact) mass is 265 g/mol. The van der Waals surface area contributed by atoms with Crippen molar-refractivity contribution in [2.45, 2.75) is 18.9 Å². The third-order valence-electron chi connectivity index (χ3n) is 2.53. The summed E-state index contributed by atoms with van der Waals surface area (Å²) in [5, 5.41) is 10.1. The molecule has 1 saturated heterocycles. The van der Waals surface area contributed by atoms with Gasteiger partial charge in [-0.25, -0.2) is 0 Å². The molecule has 1 aliphatic rings. The zero-order chi connectivity index (χ0) is 10.4. The van der Waals surface area contributed by atoms with Gasteiger partial charge in [-0.3, -0.25) is 0 Å². The molecule has 1 fully saturated rings. The van der Waals surface area contributed by atoms with E-state index in [0.717, 1.165) is 26.3 Å². The molecule has 1 rings (SSSR count). The summed E-state index contributed by atoms with van der Waals surface area (Å²) in [6.07, 6.45) is 2.18. The van der Waals surface area contributed by atoms with Crippen molar-refractivity contribution in [1.82, 2.24) is 4.90 Å². The maximum atomic E-state index is 9.44. The van der Waals surface area contributed by atoms with Crippen LogP contribution in [-0.4, -0.2) is 54.8 Å². The van der Waals surface area contributed by atoms with Crippen molar-refractivity contribution in [3.63, 3.8) is 0 Å². The van der Waals surface area contributed by atoms with Gasteiger partial charge in [-0.2, -0.15) is 0 Å². The van der Waals surface area contributed by atoms with E-state index < -0.39 is 0 Å². The number of rotatable bonds is 5. The lowest BCUT2D eigenvalue weighted by atomic mass is 10.0. The Morgan fingerprint density at radius 1 is 1.64 bits per heavy atom. The summed E-state index contributed by atoms with van der Waals surface area (Å²) >= 11 is 3.27. The van der Waals surface area contributed by atoms with Crippen LogP contribution < -0.4 is 0 Å². The van der Waals surface area contributed by atoms with Gasteiger partial charge in [0.05, 0.1) is 12.7 Å². The highest BCUT2D eigenvalue weighted by molar-refractivity contribution is 9.09. The molecule has 0 bridgehead atoms. The Balaban J connectivity index is 2.14. The first kappa shape index (κ1) is 12.4. The van der Waals surface area contributed by atoms with E-state index in [9.17, 15) is 5.11 Å². The molecular weight excluding hydrogens is 246 g/mol. The molecule has 1 aliphatic heterocycles. The lowest BCUT2D eigenvalue weighted by Crippen LogP contribution is -2.36. The van der Waals surface area contributed by atoms with E-state index in [2.05, 4.69) is 27.9 Å². The standard InChI is InChI=1S/C10H20BrNO2/c1-12(7-10(13)5-11)6-9-3-2-4-14-8-9/h9-10,13H,2-8H2,1H3. The van der Waals surface area contributed by atoms with Crippen LogP contribution in [0.15, 0.2) is 0 Å². The highest BCUT2D eigenvalue weighted by Crippen LogP contribution is 2.14. The summed E-state index contributed by atoms with van der Waals surface area (Å²) in [6.45, 7) is 3.57. The molecule has 14 heavy (non-hydrogen) atoms. The SMILES string of the molecule is CN(CC(O)CBr)CC1CCCOC1. The van der Waals surface area contributed by atoms with Gasteiger partial charge in [-0.05, 0) is 25.8 Å². The van der Waals surface area contributed by atoms with Gasteiger partial charge in [-0.1, -0.05) is 15.9 Å². The molecule has 3 nitrogen and oxygen atoms in total. The maximum absolute atomic E-state index is 9.44. The summed E-state index contributed by atoms with van der Waals surface area (Å²) in [5.41, 5.74) is 0. The van der Waals surface area contributed by atoms with Crippen LogP contribution in [-0.2, 0) is 4.74 Å². The van der Waals surface area contributed by atoms with Crippen LogP contribution >= 0.6 is 15.9 Å². The van der Waals surface area contributed by atoms with Crippen LogP contribution in [0.2, 0.25) is 0 Å². The average molecular weight is 266 g/mol. The van der Waals surface area contributed by atoms with E-state index >= 15 is 0 Å². The molecule has 0 amide bonds. The molecule has 2 atom stereocenters. The maximum Gasteiger partial charge on any atom is 0.0763 e. The Hall–Kier alpha value is 0.360. The molecule has 0 spiro atoms. The minimum absolute atomic E-state index is 0.260. The molecule has 4 heteroatoms. The minimum Gasteiger partial charge on any atom is -0.391 e. The van der Waals surface area contributed by atoms with Gasteiger partial charge in [0.15, 0.2) is 0 Å². The predicted molar refractivity (Wildman–Crippen MR) is 60.8 cm³/mol. The Kier molecular flexibility index (Phi) is 6.01. The second-order valence-electron chi connectivity index (χ2n) is 4.11. The highest BCUT2D eigenvalue weighted by Gasteiger charge is 2.16. The molecule has 0 radical (unpaired) electrons. The van der Waals surface area contributed by atoms with E-state index in [4.69, 9.17) is 4.74 Å². The van der Waals surface area contributed by atoms with Gasteiger partial charge in [-0.15, -0.1) is 0 Å². The van der Waals surface area contributed by atoms with Crippen molar-refractivity contribution in [2.75, 3.05) is 38.7 Å². The van der Waals surface area contributed by atoms with E-state index in [0.29, 0.717) is 11.2 Å².